The lowest BCUT2D eigenvalue weighted by atomic mass is 10.1. The van der Waals surface area contributed by atoms with E-state index in [9.17, 15) is 9.59 Å². The number of amides is 2. The average Bonchev–Trinajstić information content (AvgIpc) is 2.47. The first-order chi connectivity index (χ1) is 9.70. The summed E-state index contributed by atoms with van der Waals surface area (Å²) in [7, 11) is 1.62. The highest BCUT2D eigenvalue weighted by atomic mass is 16.5. The predicted molar refractivity (Wildman–Crippen MR) is 72.5 cm³/mol. The number of hydrogen-bond donors (Lipinski definition) is 2. The van der Waals surface area contributed by atoms with Crippen LogP contribution >= 0.6 is 0 Å². The van der Waals surface area contributed by atoms with Crippen LogP contribution in [0.2, 0.25) is 0 Å². The SMILES string of the molecule is COc1ccccc1CCNC(=O)C1COCC(=O)N1. The Morgan fingerprint density at radius 2 is 2.30 bits per heavy atom. The van der Waals surface area contributed by atoms with E-state index in [2.05, 4.69) is 10.6 Å². The van der Waals surface area contributed by atoms with Crippen LogP contribution in [0.25, 0.3) is 0 Å². The molecule has 1 aromatic rings. The van der Waals surface area contributed by atoms with E-state index in [0.29, 0.717) is 13.0 Å². The zero-order valence-corrected chi connectivity index (χ0v) is 11.3. The van der Waals surface area contributed by atoms with Gasteiger partial charge in [-0.2, -0.15) is 0 Å². The van der Waals surface area contributed by atoms with Gasteiger partial charge < -0.3 is 20.1 Å². The number of hydrogen-bond acceptors (Lipinski definition) is 4. The Morgan fingerprint density at radius 3 is 3.05 bits per heavy atom. The smallest absolute Gasteiger partial charge is 0.246 e. The summed E-state index contributed by atoms with van der Waals surface area (Å²) < 4.78 is 10.3. The topological polar surface area (TPSA) is 76.7 Å². The van der Waals surface area contributed by atoms with Gasteiger partial charge in [-0.1, -0.05) is 18.2 Å². The maximum Gasteiger partial charge on any atom is 0.246 e. The van der Waals surface area contributed by atoms with E-state index in [1.165, 1.54) is 0 Å². The van der Waals surface area contributed by atoms with Crippen molar-refractivity contribution in [3.8, 4) is 5.75 Å². The monoisotopic (exact) mass is 278 g/mol. The molecule has 6 heteroatoms. The molecule has 108 valence electrons. The molecule has 1 unspecified atom stereocenters. The second-order valence-electron chi connectivity index (χ2n) is 4.49. The van der Waals surface area contributed by atoms with Crippen LogP contribution in [0.3, 0.4) is 0 Å². The Kier molecular flexibility index (Phi) is 4.95. The molecule has 0 saturated carbocycles. The first-order valence-corrected chi connectivity index (χ1v) is 6.47. The molecule has 1 aliphatic rings. The van der Waals surface area contributed by atoms with E-state index in [4.69, 9.17) is 9.47 Å². The van der Waals surface area contributed by atoms with Gasteiger partial charge in [-0.3, -0.25) is 9.59 Å². The fourth-order valence-electron chi connectivity index (χ4n) is 2.04. The van der Waals surface area contributed by atoms with Gasteiger partial charge in [0.15, 0.2) is 0 Å². The molecular weight excluding hydrogens is 260 g/mol. The lowest BCUT2D eigenvalue weighted by Gasteiger charge is -2.22. The Bertz CT molecular complexity index is 490. The van der Waals surface area contributed by atoms with Gasteiger partial charge in [-0.05, 0) is 18.1 Å². The summed E-state index contributed by atoms with van der Waals surface area (Å²) in [6.07, 6.45) is 0.664. The molecule has 20 heavy (non-hydrogen) atoms. The van der Waals surface area contributed by atoms with Gasteiger partial charge in [0.2, 0.25) is 11.8 Å². The molecule has 2 rings (SSSR count). The van der Waals surface area contributed by atoms with Crippen LogP contribution in [-0.4, -0.2) is 44.7 Å². The third kappa shape index (κ3) is 3.71. The number of methoxy groups -OCH3 is 1. The van der Waals surface area contributed by atoms with E-state index < -0.39 is 6.04 Å². The number of carbonyl (C=O) groups is 2. The maximum absolute atomic E-state index is 11.9. The molecule has 1 aliphatic heterocycles. The Balaban J connectivity index is 1.80. The standard InChI is InChI=1S/C14H18N2O4/c1-19-12-5-3-2-4-10(12)6-7-15-14(18)11-8-20-9-13(17)16-11/h2-5,11H,6-9H2,1H3,(H,15,18)(H,16,17). The zero-order chi connectivity index (χ0) is 14.4. The fourth-order valence-corrected chi connectivity index (χ4v) is 2.04. The largest absolute Gasteiger partial charge is 0.496 e. The van der Waals surface area contributed by atoms with Crippen molar-refractivity contribution >= 4 is 11.8 Å². The molecular formula is C14H18N2O4. The van der Waals surface area contributed by atoms with Gasteiger partial charge in [0.25, 0.3) is 0 Å². The van der Waals surface area contributed by atoms with Crippen LogP contribution < -0.4 is 15.4 Å². The molecule has 0 aromatic heterocycles. The fraction of sp³-hybridized carbons (Fsp3) is 0.429. The van der Waals surface area contributed by atoms with Gasteiger partial charge in [-0.25, -0.2) is 0 Å². The lowest BCUT2D eigenvalue weighted by Crippen LogP contribution is -2.54. The van der Waals surface area contributed by atoms with E-state index >= 15 is 0 Å². The first-order valence-electron chi connectivity index (χ1n) is 6.47. The van der Waals surface area contributed by atoms with Gasteiger partial charge in [-0.15, -0.1) is 0 Å². The molecule has 0 bridgehead atoms. The van der Waals surface area contributed by atoms with Crippen LogP contribution in [0.1, 0.15) is 5.56 Å². The second-order valence-corrected chi connectivity index (χ2v) is 4.49. The Labute approximate surface area is 117 Å². The third-order valence-electron chi connectivity index (χ3n) is 3.06. The van der Waals surface area contributed by atoms with Gasteiger partial charge in [0, 0.05) is 6.54 Å². The van der Waals surface area contributed by atoms with Gasteiger partial charge >= 0.3 is 0 Å². The number of carbonyl (C=O) groups excluding carboxylic acids is 2. The first kappa shape index (κ1) is 14.3. The normalized spacial score (nSPS) is 18.2. The number of ether oxygens (including phenoxy) is 2. The molecule has 1 saturated heterocycles. The van der Waals surface area contributed by atoms with Crippen molar-refractivity contribution < 1.29 is 19.1 Å². The zero-order valence-electron chi connectivity index (χ0n) is 11.3. The van der Waals surface area contributed by atoms with E-state index in [1.807, 2.05) is 24.3 Å². The van der Waals surface area contributed by atoms with Crippen molar-refractivity contribution in [1.82, 2.24) is 10.6 Å². The average molecular weight is 278 g/mol. The van der Waals surface area contributed by atoms with E-state index in [-0.39, 0.29) is 25.0 Å². The summed E-state index contributed by atoms with van der Waals surface area (Å²) in [5, 5.41) is 5.37. The molecule has 1 aromatic carbocycles. The van der Waals surface area contributed by atoms with Crippen molar-refractivity contribution in [3.63, 3.8) is 0 Å². The highest BCUT2D eigenvalue weighted by Gasteiger charge is 2.24. The highest BCUT2D eigenvalue weighted by molar-refractivity contribution is 5.89. The van der Waals surface area contributed by atoms with Crippen LogP contribution in [0.5, 0.6) is 5.75 Å². The molecule has 6 nitrogen and oxygen atoms in total. The van der Waals surface area contributed by atoms with Crippen LogP contribution in [-0.2, 0) is 20.7 Å². The molecule has 2 N–H and O–H groups in total. The van der Waals surface area contributed by atoms with Gasteiger partial charge in [0.05, 0.1) is 13.7 Å². The quantitative estimate of drug-likeness (QED) is 0.786. The summed E-state index contributed by atoms with van der Waals surface area (Å²) in [5.41, 5.74) is 1.03. The van der Waals surface area contributed by atoms with Crippen molar-refractivity contribution in [3.05, 3.63) is 29.8 Å². The molecule has 1 atom stereocenters. The molecule has 0 aliphatic carbocycles. The number of morpholine rings is 1. The minimum absolute atomic E-state index is 0.0188. The highest BCUT2D eigenvalue weighted by Crippen LogP contribution is 2.17. The van der Waals surface area contributed by atoms with Crippen LogP contribution in [0, 0.1) is 0 Å². The Hall–Kier alpha value is -2.08. The lowest BCUT2D eigenvalue weighted by molar-refractivity contribution is -0.138. The summed E-state index contributed by atoms with van der Waals surface area (Å²) in [4.78, 5) is 23.0. The number of nitrogens with one attached hydrogen (secondary N) is 2. The van der Waals surface area contributed by atoms with Crippen LogP contribution in [0.4, 0.5) is 0 Å². The van der Waals surface area contributed by atoms with Gasteiger partial charge in [0.1, 0.15) is 18.4 Å². The van der Waals surface area contributed by atoms with Crippen molar-refractivity contribution in [1.29, 1.82) is 0 Å². The number of benzene rings is 1. The molecule has 0 spiro atoms. The molecule has 1 fully saturated rings. The molecule has 2 amide bonds. The van der Waals surface area contributed by atoms with Crippen molar-refractivity contribution in [2.45, 2.75) is 12.5 Å². The summed E-state index contributed by atoms with van der Waals surface area (Å²) >= 11 is 0. The maximum atomic E-state index is 11.9. The predicted octanol–water partition coefficient (Wildman–Crippen LogP) is -0.131. The summed E-state index contributed by atoms with van der Waals surface area (Å²) in [6.45, 7) is 0.711. The molecule has 1 heterocycles. The van der Waals surface area contributed by atoms with E-state index in [1.54, 1.807) is 7.11 Å². The number of para-hydroxylation sites is 1. The minimum atomic E-state index is -0.603. The minimum Gasteiger partial charge on any atom is -0.496 e. The third-order valence-corrected chi connectivity index (χ3v) is 3.06. The summed E-state index contributed by atoms with van der Waals surface area (Å²) in [5.74, 6) is 0.310. The van der Waals surface area contributed by atoms with Crippen molar-refractivity contribution in [2.75, 3.05) is 26.9 Å². The van der Waals surface area contributed by atoms with E-state index in [0.717, 1.165) is 11.3 Å². The molecule has 0 radical (unpaired) electrons. The summed E-state index contributed by atoms with van der Waals surface area (Å²) in [6, 6.07) is 7.06. The number of rotatable bonds is 5. The van der Waals surface area contributed by atoms with Crippen molar-refractivity contribution in [2.24, 2.45) is 0 Å². The second kappa shape index (κ2) is 6.91. The van der Waals surface area contributed by atoms with Crippen LogP contribution in [0.15, 0.2) is 24.3 Å². The Morgan fingerprint density at radius 1 is 1.50 bits per heavy atom.